The van der Waals surface area contributed by atoms with Crippen LogP contribution in [0.1, 0.15) is 12.0 Å². The Morgan fingerprint density at radius 3 is 3.10 bits per heavy atom. The quantitative estimate of drug-likeness (QED) is 0.912. The Labute approximate surface area is 129 Å². The molecule has 2 heterocycles. The minimum absolute atomic E-state index is 0.0727. The molecule has 0 spiro atoms. The molecule has 0 radical (unpaired) electrons. The summed E-state index contributed by atoms with van der Waals surface area (Å²) in [4.78, 5) is 14.8. The molecule has 1 saturated heterocycles. The number of benzene rings is 1. The Morgan fingerprint density at radius 1 is 1.43 bits per heavy atom. The van der Waals surface area contributed by atoms with Crippen LogP contribution in [0.5, 0.6) is 0 Å². The molecule has 3 rings (SSSR count). The number of morpholine rings is 1. The van der Waals surface area contributed by atoms with E-state index < -0.39 is 6.09 Å². The maximum atomic E-state index is 11.1. The van der Waals surface area contributed by atoms with Crippen molar-refractivity contribution in [3.63, 3.8) is 0 Å². The Morgan fingerprint density at radius 2 is 2.29 bits per heavy atom. The third kappa shape index (κ3) is 3.24. The molecule has 5 nitrogen and oxygen atoms in total. The van der Waals surface area contributed by atoms with Gasteiger partial charge in [0.1, 0.15) is 0 Å². The maximum Gasteiger partial charge on any atom is 0.407 e. The molecule has 0 aliphatic carbocycles. The molecular formula is C15H19ClN2O3. The van der Waals surface area contributed by atoms with Crippen LogP contribution in [0.3, 0.4) is 0 Å². The molecule has 1 amide bonds. The van der Waals surface area contributed by atoms with Crippen molar-refractivity contribution in [1.29, 1.82) is 0 Å². The van der Waals surface area contributed by atoms with Gasteiger partial charge >= 0.3 is 6.09 Å². The van der Waals surface area contributed by atoms with Crippen LogP contribution in [0.2, 0.25) is 5.02 Å². The molecule has 21 heavy (non-hydrogen) atoms. The predicted octanol–water partition coefficient (Wildman–Crippen LogP) is 2.47. The first kappa shape index (κ1) is 14.5. The minimum atomic E-state index is -0.867. The molecule has 1 aromatic rings. The average molecular weight is 311 g/mol. The number of fused-ring (bicyclic) bond motifs is 1. The van der Waals surface area contributed by atoms with Crippen molar-refractivity contribution in [1.82, 2.24) is 4.90 Å². The Kier molecular flexibility index (Phi) is 4.22. The SMILES string of the molecule is O=C(O)N1CCO[C@@H](CN2CCCc3cc(Cl)ccc32)C1. The van der Waals surface area contributed by atoms with Gasteiger partial charge < -0.3 is 19.6 Å². The van der Waals surface area contributed by atoms with Crippen molar-refractivity contribution < 1.29 is 14.6 Å². The molecule has 6 heteroatoms. The van der Waals surface area contributed by atoms with Crippen molar-refractivity contribution >= 4 is 23.4 Å². The highest BCUT2D eigenvalue weighted by Gasteiger charge is 2.27. The molecular weight excluding hydrogens is 292 g/mol. The first-order valence-electron chi connectivity index (χ1n) is 7.26. The molecule has 0 saturated carbocycles. The number of hydrogen-bond donors (Lipinski definition) is 1. The zero-order valence-electron chi connectivity index (χ0n) is 11.8. The number of carboxylic acid groups (broad SMARTS) is 1. The van der Waals surface area contributed by atoms with Crippen LogP contribution >= 0.6 is 11.6 Å². The number of ether oxygens (including phenoxy) is 1. The summed E-state index contributed by atoms with van der Waals surface area (Å²) in [5.41, 5.74) is 2.46. The lowest BCUT2D eigenvalue weighted by Gasteiger charge is -2.37. The molecule has 1 atom stereocenters. The second-order valence-electron chi connectivity index (χ2n) is 5.54. The van der Waals surface area contributed by atoms with Crippen molar-refractivity contribution in [3.8, 4) is 0 Å². The largest absolute Gasteiger partial charge is 0.465 e. The smallest absolute Gasteiger partial charge is 0.407 e. The molecule has 1 aromatic carbocycles. The number of anilines is 1. The number of rotatable bonds is 2. The van der Waals surface area contributed by atoms with Gasteiger partial charge in [-0.15, -0.1) is 0 Å². The number of hydrogen-bond acceptors (Lipinski definition) is 3. The summed E-state index contributed by atoms with van der Waals surface area (Å²) in [6.45, 7) is 3.06. The second-order valence-corrected chi connectivity index (χ2v) is 5.98. The summed E-state index contributed by atoms with van der Waals surface area (Å²) in [5.74, 6) is 0. The molecule has 0 unspecified atom stereocenters. The monoisotopic (exact) mass is 310 g/mol. The fraction of sp³-hybridized carbons (Fsp3) is 0.533. The molecule has 2 aliphatic rings. The first-order chi connectivity index (χ1) is 10.1. The standard InChI is InChI=1S/C15H19ClN2O3/c16-12-3-4-14-11(8-12)2-1-5-17(14)9-13-10-18(15(19)20)6-7-21-13/h3-4,8,13H,1-2,5-7,9-10H2,(H,19,20)/t13-/m0/s1. The molecule has 2 aliphatic heterocycles. The third-order valence-electron chi connectivity index (χ3n) is 4.09. The normalized spacial score (nSPS) is 22.0. The number of nitrogens with zero attached hydrogens (tertiary/aromatic N) is 2. The van der Waals surface area contributed by atoms with E-state index in [0.717, 1.165) is 31.0 Å². The lowest BCUT2D eigenvalue weighted by molar-refractivity contribution is -0.0176. The third-order valence-corrected chi connectivity index (χ3v) is 4.32. The molecule has 114 valence electrons. The van der Waals surface area contributed by atoms with Crippen LogP contribution in [0, 0.1) is 0 Å². The number of carbonyl (C=O) groups is 1. The molecule has 1 N–H and O–H groups in total. The van der Waals surface area contributed by atoms with E-state index in [1.807, 2.05) is 12.1 Å². The Hall–Kier alpha value is -1.46. The zero-order valence-corrected chi connectivity index (χ0v) is 12.6. The predicted molar refractivity (Wildman–Crippen MR) is 81.3 cm³/mol. The summed E-state index contributed by atoms with van der Waals surface area (Å²) < 4.78 is 5.73. The van der Waals surface area contributed by atoms with Crippen LogP contribution in [0.25, 0.3) is 0 Å². The van der Waals surface area contributed by atoms with E-state index in [9.17, 15) is 4.79 Å². The van der Waals surface area contributed by atoms with E-state index in [1.165, 1.54) is 16.2 Å². The van der Waals surface area contributed by atoms with Gasteiger partial charge in [-0.3, -0.25) is 0 Å². The highest BCUT2D eigenvalue weighted by Crippen LogP contribution is 2.30. The average Bonchev–Trinajstić information content (AvgIpc) is 2.47. The summed E-state index contributed by atoms with van der Waals surface area (Å²) in [6.07, 6.45) is 1.19. The van der Waals surface area contributed by atoms with E-state index in [1.54, 1.807) is 0 Å². The van der Waals surface area contributed by atoms with Crippen molar-refractivity contribution in [3.05, 3.63) is 28.8 Å². The Bertz CT molecular complexity index is 538. The summed E-state index contributed by atoms with van der Waals surface area (Å²) >= 11 is 6.06. The summed E-state index contributed by atoms with van der Waals surface area (Å²) in [5, 5.41) is 9.86. The van der Waals surface area contributed by atoms with Gasteiger partial charge in [-0.25, -0.2) is 4.79 Å². The highest BCUT2D eigenvalue weighted by atomic mass is 35.5. The van der Waals surface area contributed by atoms with Crippen LogP contribution in [0.15, 0.2) is 18.2 Å². The van der Waals surface area contributed by atoms with Crippen LogP contribution in [0.4, 0.5) is 10.5 Å². The van der Waals surface area contributed by atoms with E-state index >= 15 is 0 Å². The van der Waals surface area contributed by atoms with Crippen molar-refractivity contribution in [2.24, 2.45) is 0 Å². The van der Waals surface area contributed by atoms with Crippen LogP contribution in [-0.4, -0.2) is 55.0 Å². The Balaban J connectivity index is 1.70. The van der Waals surface area contributed by atoms with Crippen LogP contribution < -0.4 is 4.90 Å². The first-order valence-corrected chi connectivity index (χ1v) is 7.64. The van der Waals surface area contributed by atoms with Gasteiger partial charge in [0.2, 0.25) is 0 Å². The maximum absolute atomic E-state index is 11.1. The van der Waals surface area contributed by atoms with Gasteiger partial charge in [-0.05, 0) is 36.6 Å². The summed E-state index contributed by atoms with van der Waals surface area (Å²) in [7, 11) is 0. The molecule has 0 bridgehead atoms. The lowest BCUT2D eigenvalue weighted by atomic mass is 10.0. The van der Waals surface area contributed by atoms with E-state index in [4.69, 9.17) is 21.4 Å². The second kappa shape index (κ2) is 6.12. The van der Waals surface area contributed by atoms with E-state index in [-0.39, 0.29) is 6.10 Å². The number of amides is 1. The van der Waals surface area contributed by atoms with Gasteiger partial charge in [0.15, 0.2) is 0 Å². The fourth-order valence-electron chi connectivity index (χ4n) is 3.08. The van der Waals surface area contributed by atoms with Crippen LogP contribution in [-0.2, 0) is 11.2 Å². The van der Waals surface area contributed by atoms with Gasteiger partial charge in [0.25, 0.3) is 0 Å². The number of halogens is 1. The topological polar surface area (TPSA) is 53.0 Å². The van der Waals surface area contributed by atoms with Crippen molar-refractivity contribution in [2.45, 2.75) is 18.9 Å². The van der Waals surface area contributed by atoms with Gasteiger partial charge in [-0.2, -0.15) is 0 Å². The number of aryl methyl sites for hydroxylation is 1. The fourth-order valence-corrected chi connectivity index (χ4v) is 3.28. The van der Waals surface area contributed by atoms with E-state index in [0.29, 0.717) is 19.7 Å². The van der Waals surface area contributed by atoms with E-state index in [2.05, 4.69) is 11.0 Å². The zero-order chi connectivity index (χ0) is 14.8. The van der Waals surface area contributed by atoms with Gasteiger partial charge in [0, 0.05) is 30.3 Å². The molecule has 1 fully saturated rings. The summed E-state index contributed by atoms with van der Waals surface area (Å²) in [6, 6.07) is 5.98. The van der Waals surface area contributed by atoms with Crippen molar-refractivity contribution in [2.75, 3.05) is 37.7 Å². The minimum Gasteiger partial charge on any atom is -0.465 e. The van der Waals surface area contributed by atoms with Gasteiger partial charge in [0.05, 0.1) is 19.3 Å². The molecule has 0 aromatic heterocycles. The van der Waals surface area contributed by atoms with Gasteiger partial charge in [-0.1, -0.05) is 11.6 Å². The highest BCUT2D eigenvalue weighted by molar-refractivity contribution is 6.30. The lowest BCUT2D eigenvalue weighted by Crippen LogP contribution is -2.50.